The van der Waals surface area contributed by atoms with Crippen molar-refractivity contribution in [3.8, 4) is 5.69 Å². The second-order valence-corrected chi connectivity index (χ2v) is 7.67. The van der Waals surface area contributed by atoms with Gasteiger partial charge in [0.2, 0.25) is 0 Å². The fraction of sp³-hybridized carbons (Fsp3) is 0.455. The average Bonchev–Trinajstić information content (AvgIpc) is 3.29. The highest BCUT2D eigenvalue weighted by Crippen LogP contribution is 2.31. The molecule has 1 aliphatic heterocycles. The van der Waals surface area contributed by atoms with Crippen LogP contribution in [-0.4, -0.2) is 65.4 Å². The van der Waals surface area contributed by atoms with Crippen molar-refractivity contribution >= 4 is 17.9 Å². The van der Waals surface area contributed by atoms with Crippen LogP contribution in [0, 0.1) is 5.92 Å². The minimum absolute atomic E-state index is 0.0244. The number of esters is 1. The van der Waals surface area contributed by atoms with Gasteiger partial charge < -0.3 is 20.3 Å². The van der Waals surface area contributed by atoms with E-state index in [0.717, 1.165) is 10.9 Å². The summed E-state index contributed by atoms with van der Waals surface area (Å²) in [6.07, 6.45) is -2.79. The highest BCUT2D eigenvalue weighted by Gasteiger charge is 2.39. The van der Waals surface area contributed by atoms with Gasteiger partial charge in [0.1, 0.15) is 0 Å². The minimum Gasteiger partial charge on any atom is -0.466 e. The Hall–Kier alpha value is -3.57. The minimum atomic E-state index is -4.81. The largest absolute Gasteiger partial charge is 0.466 e. The number of para-hydroxylation sites is 1. The lowest BCUT2D eigenvalue weighted by atomic mass is 9.97. The van der Waals surface area contributed by atoms with Crippen LogP contribution in [0.5, 0.6) is 0 Å². The van der Waals surface area contributed by atoms with Gasteiger partial charge in [-0.05, 0) is 31.9 Å². The predicted molar refractivity (Wildman–Crippen MR) is 115 cm³/mol. The molecule has 0 unspecified atom stereocenters. The van der Waals surface area contributed by atoms with Gasteiger partial charge in [-0.3, -0.25) is 9.59 Å². The summed E-state index contributed by atoms with van der Waals surface area (Å²) in [5.41, 5.74) is -1.52. The number of ether oxygens (including phenoxy) is 1. The van der Waals surface area contributed by atoms with Crippen LogP contribution in [0.3, 0.4) is 0 Å². The van der Waals surface area contributed by atoms with Crippen LogP contribution in [0.25, 0.3) is 5.69 Å². The van der Waals surface area contributed by atoms with Gasteiger partial charge in [0.05, 0.1) is 23.8 Å². The summed E-state index contributed by atoms with van der Waals surface area (Å²) in [6.45, 7) is 2.76. The van der Waals surface area contributed by atoms with Gasteiger partial charge in [0, 0.05) is 32.4 Å². The van der Waals surface area contributed by atoms with Crippen LogP contribution in [0.15, 0.2) is 36.5 Å². The highest BCUT2D eigenvalue weighted by molar-refractivity contribution is 5.95. The van der Waals surface area contributed by atoms with Crippen LogP contribution in [0.2, 0.25) is 0 Å². The number of piperidine rings is 1. The number of carbonyl (C=O) groups excluding carboxylic acids is 3. The van der Waals surface area contributed by atoms with Crippen molar-refractivity contribution in [1.82, 2.24) is 25.3 Å². The van der Waals surface area contributed by atoms with Crippen molar-refractivity contribution in [2.45, 2.75) is 25.9 Å². The third-order valence-corrected chi connectivity index (χ3v) is 5.34. The zero-order valence-electron chi connectivity index (χ0n) is 18.6. The Morgan fingerprint density at radius 2 is 1.74 bits per heavy atom. The van der Waals surface area contributed by atoms with Crippen molar-refractivity contribution in [2.24, 2.45) is 5.92 Å². The van der Waals surface area contributed by atoms with Crippen LogP contribution in [0.4, 0.5) is 18.0 Å². The Kier molecular flexibility index (Phi) is 8.13. The second-order valence-electron chi connectivity index (χ2n) is 7.67. The SMILES string of the molecule is CCOC(=O)C1CCN(C(=O)NCCNC(=O)c2cn(-c3ccccc3)nc2C(F)(F)F)CC1. The smallest absolute Gasteiger partial charge is 0.435 e. The molecule has 3 rings (SSSR count). The Labute approximate surface area is 194 Å². The number of aromatic nitrogens is 2. The fourth-order valence-corrected chi connectivity index (χ4v) is 3.59. The average molecular weight is 481 g/mol. The number of rotatable bonds is 7. The van der Waals surface area contributed by atoms with Gasteiger partial charge in [-0.15, -0.1) is 0 Å². The Bertz CT molecular complexity index is 1000. The number of urea groups is 1. The Balaban J connectivity index is 1.50. The first-order valence-electron chi connectivity index (χ1n) is 10.9. The molecule has 184 valence electrons. The normalized spacial score (nSPS) is 14.5. The van der Waals surface area contributed by atoms with E-state index in [1.165, 1.54) is 0 Å². The molecule has 2 heterocycles. The molecule has 0 atom stereocenters. The summed E-state index contributed by atoms with van der Waals surface area (Å²) >= 11 is 0. The molecule has 1 fully saturated rings. The number of alkyl halides is 3. The first-order valence-corrected chi connectivity index (χ1v) is 10.9. The van der Waals surface area contributed by atoms with Crippen LogP contribution in [-0.2, 0) is 15.7 Å². The molecule has 34 heavy (non-hydrogen) atoms. The molecule has 0 aliphatic carbocycles. The number of likely N-dealkylation sites (tertiary alicyclic amines) is 1. The van der Waals surface area contributed by atoms with Crippen molar-refractivity contribution in [1.29, 1.82) is 0 Å². The molecule has 0 saturated carbocycles. The summed E-state index contributed by atoms with van der Waals surface area (Å²) in [5, 5.41) is 8.54. The standard InChI is InChI=1S/C22H26F3N5O4/c1-2-34-20(32)15-8-12-29(13-9-15)21(33)27-11-10-26-19(31)17-14-30(16-6-4-3-5-7-16)28-18(17)22(23,24)25/h3-7,14-15H,2,8-13H2,1H3,(H,26,31)(H,27,33). The molecule has 12 heteroatoms. The number of halogens is 3. The molecule has 1 aromatic heterocycles. The zero-order chi connectivity index (χ0) is 24.7. The third-order valence-electron chi connectivity index (χ3n) is 5.34. The Morgan fingerprint density at radius 1 is 1.09 bits per heavy atom. The van der Waals surface area contributed by atoms with Crippen molar-refractivity contribution < 1.29 is 32.3 Å². The van der Waals surface area contributed by atoms with Crippen molar-refractivity contribution in [3.63, 3.8) is 0 Å². The number of hydrogen-bond donors (Lipinski definition) is 2. The summed E-state index contributed by atoms with van der Waals surface area (Å²) in [7, 11) is 0. The highest BCUT2D eigenvalue weighted by atomic mass is 19.4. The van der Waals surface area contributed by atoms with Gasteiger partial charge in [-0.25, -0.2) is 9.48 Å². The first-order chi connectivity index (χ1) is 16.2. The first kappa shape index (κ1) is 25.1. The molecular formula is C22H26F3N5O4. The predicted octanol–water partition coefficient (Wildman–Crippen LogP) is 2.61. The summed E-state index contributed by atoms with van der Waals surface area (Å²) in [6, 6.07) is 7.77. The van der Waals surface area contributed by atoms with Crippen LogP contribution in [0.1, 0.15) is 35.8 Å². The van der Waals surface area contributed by atoms with Crippen molar-refractivity contribution in [2.75, 3.05) is 32.8 Å². The maximum Gasteiger partial charge on any atom is 0.435 e. The van der Waals surface area contributed by atoms with E-state index in [-0.39, 0.29) is 31.0 Å². The molecule has 2 aromatic rings. The molecule has 0 spiro atoms. The molecule has 2 N–H and O–H groups in total. The molecule has 9 nitrogen and oxygen atoms in total. The monoisotopic (exact) mass is 481 g/mol. The van der Waals surface area contributed by atoms with E-state index in [2.05, 4.69) is 15.7 Å². The van der Waals surface area contributed by atoms with Gasteiger partial charge in [-0.2, -0.15) is 18.3 Å². The lowest BCUT2D eigenvalue weighted by Crippen LogP contribution is -2.47. The molecule has 3 amide bonds. The summed E-state index contributed by atoms with van der Waals surface area (Å²) < 4.78 is 46.2. The third kappa shape index (κ3) is 6.27. The molecule has 1 saturated heterocycles. The number of amides is 3. The van der Waals surface area contributed by atoms with E-state index < -0.39 is 23.3 Å². The molecule has 1 aromatic carbocycles. The van der Waals surface area contributed by atoms with E-state index in [0.29, 0.717) is 38.2 Å². The van der Waals surface area contributed by atoms with Crippen LogP contribution >= 0.6 is 0 Å². The maximum absolute atomic E-state index is 13.4. The van der Waals surface area contributed by atoms with E-state index in [1.54, 1.807) is 42.2 Å². The Morgan fingerprint density at radius 3 is 2.35 bits per heavy atom. The zero-order valence-corrected chi connectivity index (χ0v) is 18.6. The number of benzene rings is 1. The molecule has 1 aliphatic rings. The van der Waals surface area contributed by atoms with E-state index >= 15 is 0 Å². The molecule has 0 bridgehead atoms. The van der Waals surface area contributed by atoms with Crippen LogP contribution < -0.4 is 10.6 Å². The number of nitrogens with zero attached hydrogens (tertiary/aromatic N) is 3. The van der Waals surface area contributed by atoms with Crippen molar-refractivity contribution in [3.05, 3.63) is 47.8 Å². The number of hydrogen-bond acceptors (Lipinski definition) is 5. The van der Waals surface area contributed by atoms with Gasteiger partial charge in [0.15, 0.2) is 5.69 Å². The number of carbonyl (C=O) groups is 3. The fourth-order valence-electron chi connectivity index (χ4n) is 3.59. The molecular weight excluding hydrogens is 455 g/mol. The quantitative estimate of drug-likeness (QED) is 0.467. The van der Waals surface area contributed by atoms with E-state index in [4.69, 9.17) is 4.74 Å². The van der Waals surface area contributed by atoms with E-state index in [1.807, 2.05) is 0 Å². The maximum atomic E-state index is 13.4. The number of nitrogens with one attached hydrogen (secondary N) is 2. The van der Waals surface area contributed by atoms with Gasteiger partial charge >= 0.3 is 18.2 Å². The van der Waals surface area contributed by atoms with E-state index in [9.17, 15) is 27.6 Å². The van der Waals surface area contributed by atoms with Gasteiger partial charge in [-0.1, -0.05) is 18.2 Å². The second kappa shape index (κ2) is 11.0. The summed E-state index contributed by atoms with van der Waals surface area (Å²) in [5.74, 6) is -1.44. The lowest BCUT2D eigenvalue weighted by Gasteiger charge is -2.30. The lowest BCUT2D eigenvalue weighted by molar-refractivity contribution is -0.149. The molecule has 0 radical (unpaired) electrons. The topological polar surface area (TPSA) is 106 Å². The van der Waals surface area contributed by atoms with Gasteiger partial charge in [0.25, 0.3) is 5.91 Å². The summed E-state index contributed by atoms with van der Waals surface area (Å²) in [4.78, 5) is 38.0.